The van der Waals surface area contributed by atoms with E-state index in [1.807, 2.05) is 26.0 Å². The molecule has 2 N–H and O–H groups in total. The second-order valence-corrected chi connectivity index (χ2v) is 5.56. The molecule has 128 valence electrons. The number of nitro groups is 1. The third-order valence-electron chi connectivity index (χ3n) is 3.91. The van der Waals surface area contributed by atoms with Crippen LogP contribution >= 0.6 is 0 Å². The van der Waals surface area contributed by atoms with E-state index in [0.717, 1.165) is 11.6 Å². The third kappa shape index (κ3) is 2.89. The van der Waals surface area contributed by atoms with E-state index in [1.54, 1.807) is 10.6 Å². The van der Waals surface area contributed by atoms with Gasteiger partial charge in [-0.05, 0) is 31.0 Å². The Balaban J connectivity index is 2.05. The molecule has 0 radical (unpaired) electrons. The molecular weight excluding hydrogens is 324 g/mol. The van der Waals surface area contributed by atoms with E-state index in [1.165, 1.54) is 12.1 Å². The molecule has 0 aliphatic rings. The number of carbonyl (C=O) groups is 1. The standard InChI is InChI=1S/C17H16N4O4/c1-3-12-15(20-8-4-5-10(2)16(20)18-12)17(23)19-13-9-11(21(24)25)6-7-14(13)22/h4-9,22H,3H2,1-2H3,(H,19,23). The molecule has 1 aromatic carbocycles. The molecule has 8 nitrogen and oxygen atoms in total. The van der Waals surface area contributed by atoms with E-state index < -0.39 is 10.8 Å². The normalized spacial score (nSPS) is 10.8. The Kier molecular flexibility index (Phi) is 4.10. The average molecular weight is 340 g/mol. The topological polar surface area (TPSA) is 110 Å². The van der Waals surface area contributed by atoms with Gasteiger partial charge >= 0.3 is 0 Å². The lowest BCUT2D eigenvalue weighted by atomic mass is 10.2. The molecule has 8 heteroatoms. The Morgan fingerprint density at radius 3 is 2.84 bits per heavy atom. The maximum Gasteiger partial charge on any atom is 0.274 e. The number of nitrogens with one attached hydrogen (secondary N) is 1. The molecule has 3 rings (SSSR count). The summed E-state index contributed by atoms with van der Waals surface area (Å²) >= 11 is 0. The van der Waals surface area contributed by atoms with Crippen molar-refractivity contribution in [2.24, 2.45) is 0 Å². The van der Waals surface area contributed by atoms with Crippen LogP contribution in [0.25, 0.3) is 5.65 Å². The largest absolute Gasteiger partial charge is 0.506 e. The first-order valence-electron chi connectivity index (χ1n) is 7.67. The molecule has 0 atom stereocenters. The number of phenols is 1. The predicted molar refractivity (Wildman–Crippen MR) is 92.0 cm³/mol. The van der Waals surface area contributed by atoms with Gasteiger partial charge in [0.2, 0.25) is 0 Å². The minimum atomic E-state index is -0.593. The minimum absolute atomic E-state index is 0.0242. The number of aryl methyl sites for hydroxylation is 2. The molecule has 2 aromatic heterocycles. The van der Waals surface area contributed by atoms with Crippen LogP contribution in [-0.2, 0) is 6.42 Å². The second kappa shape index (κ2) is 6.23. The van der Waals surface area contributed by atoms with E-state index in [0.29, 0.717) is 23.5 Å². The van der Waals surface area contributed by atoms with Gasteiger partial charge in [0, 0.05) is 18.3 Å². The molecule has 1 amide bonds. The number of pyridine rings is 1. The number of aromatic nitrogens is 2. The zero-order valence-corrected chi connectivity index (χ0v) is 13.7. The maximum absolute atomic E-state index is 12.8. The van der Waals surface area contributed by atoms with Crippen LogP contribution in [0.2, 0.25) is 0 Å². The number of anilines is 1. The highest BCUT2D eigenvalue weighted by molar-refractivity contribution is 6.05. The fourth-order valence-electron chi connectivity index (χ4n) is 2.66. The molecule has 0 fully saturated rings. The molecule has 0 aliphatic carbocycles. The van der Waals surface area contributed by atoms with Crippen LogP contribution in [-0.4, -0.2) is 25.3 Å². The fourth-order valence-corrected chi connectivity index (χ4v) is 2.66. The summed E-state index contributed by atoms with van der Waals surface area (Å²) in [6, 6.07) is 7.17. The van der Waals surface area contributed by atoms with Gasteiger partial charge in [-0.2, -0.15) is 0 Å². The number of hydrogen-bond acceptors (Lipinski definition) is 5. The highest BCUT2D eigenvalue weighted by Crippen LogP contribution is 2.28. The Morgan fingerprint density at radius 2 is 2.16 bits per heavy atom. The summed E-state index contributed by atoms with van der Waals surface area (Å²) in [6.45, 7) is 3.79. The maximum atomic E-state index is 12.8. The van der Waals surface area contributed by atoms with Crippen LogP contribution in [0, 0.1) is 17.0 Å². The molecule has 0 bridgehead atoms. The Morgan fingerprint density at radius 1 is 1.40 bits per heavy atom. The van der Waals surface area contributed by atoms with Crippen molar-refractivity contribution in [2.45, 2.75) is 20.3 Å². The van der Waals surface area contributed by atoms with Crippen molar-refractivity contribution in [3.63, 3.8) is 0 Å². The number of carbonyl (C=O) groups excluding carboxylic acids is 1. The van der Waals surface area contributed by atoms with Crippen LogP contribution in [0.5, 0.6) is 5.75 Å². The van der Waals surface area contributed by atoms with E-state index in [2.05, 4.69) is 10.3 Å². The van der Waals surface area contributed by atoms with Crippen molar-refractivity contribution in [2.75, 3.05) is 5.32 Å². The number of rotatable bonds is 4. The number of aromatic hydroxyl groups is 1. The fraction of sp³-hybridized carbons (Fsp3) is 0.176. The van der Waals surface area contributed by atoms with Crippen molar-refractivity contribution in [1.29, 1.82) is 0 Å². The third-order valence-corrected chi connectivity index (χ3v) is 3.91. The number of hydrogen-bond donors (Lipinski definition) is 2. The van der Waals surface area contributed by atoms with Crippen LogP contribution in [0.4, 0.5) is 11.4 Å². The summed E-state index contributed by atoms with van der Waals surface area (Å²) < 4.78 is 1.68. The zero-order valence-electron chi connectivity index (χ0n) is 13.7. The summed E-state index contributed by atoms with van der Waals surface area (Å²) in [6.07, 6.45) is 2.28. The van der Waals surface area contributed by atoms with Gasteiger partial charge in [0.05, 0.1) is 16.3 Å². The van der Waals surface area contributed by atoms with Gasteiger partial charge in [-0.15, -0.1) is 0 Å². The summed E-state index contributed by atoms with van der Waals surface area (Å²) in [5.41, 5.74) is 2.30. The van der Waals surface area contributed by atoms with Crippen LogP contribution in [0.3, 0.4) is 0 Å². The number of nitrogens with zero attached hydrogens (tertiary/aromatic N) is 3. The lowest BCUT2D eigenvalue weighted by Gasteiger charge is -2.08. The van der Waals surface area contributed by atoms with Gasteiger partial charge in [0.25, 0.3) is 11.6 Å². The summed E-state index contributed by atoms with van der Waals surface area (Å²) in [5, 5.41) is 23.3. The van der Waals surface area contributed by atoms with Crippen molar-refractivity contribution < 1.29 is 14.8 Å². The SMILES string of the molecule is CCc1nc2c(C)cccn2c1C(=O)Nc1cc([N+](=O)[O-])ccc1O. The molecule has 0 saturated heterocycles. The van der Waals surface area contributed by atoms with Crippen molar-refractivity contribution in [1.82, 2.24) is 9.38 Å². The number of fused-ring (bicyclic) bond motifs is 1. The van der Waals surface area contributed by atoms with Gasteiger partial charge in [0.15, 0.2) is 0 Å². The average Bonchev–Trinajstić information content (AvgIpc) is 2.96. The summed E-state index contributed by atoms with van der Waals surface area (Å²) in [7, 11) is 0. The molecule has 3 aromatic rings. The Hall–Kier alpha value is -3.42. The molecule has 0 unspecified atom stereocenters. The van der Waals surface area contributed by atoms with Gasteiger partial charge in [-0.1, -0.05) is 13.0 Å². The molecular formula is C17H16N4O4. The Bertz CT molecular complexity index is 994. The number of phenolic OH excluding ortho intramolecular Hbond substituents is 1. The number of imidazole rings is 1. The molecule has 0 saturated carbocycles. The summed E-state index contributed by atoms with van der Waals surface area (Å²) in [5.74, 6) is -0.743. The highest BCUT2D eigenvalue weighted by atomic mass is 16.6. The van der Waals surface area contributed by atoms with Gasteiger partial charge in [-0.3, -0.25) is 19.3 Å². The van der Waals surface area contributed by atoms with Gasteiger partial charge in [-0.25, -0.2) is 4.98 Å². The Labute approximate surface area is 142 Å². The first-order valence-corrected chi connectivity index (χ1v) is 7.67. The smallest absolute Gasteiger partial charge is 0.274 e. The van der Waals surface area contributed by atoms with Gasteiger partial charge < -0.3 is 10.4 Å². The van der Waals surface area contributed by atoms with Crippen molar-refractivity contribution in [3.8, 4) is 5.75 Å². The number of benzene rings is 1. The minimum Gasteiger partial charge on any atom is -0.506 e. The summed E-state index contributed by atoms with van der Waals surface area (Å²) in [4.78, 5) is 27.5. The van der Waals surface area contributed by atoms with E-state index in [-0.39, 0.29) is 17.1 Å². The first kappa shape index (κ1) is 16.4. The molecule has 25 heavy (non-hydrogen) atoms. The van der Waals surface area contributed by atoms with Crippen LogP contribution < -0.4 is 5.32 Å². The van der Waals surface area contributed by atoms with E-state index >= 15 is 0 Å². The lowest BCUT2D eigenvalue weighted by Crippen LogP contribution is -2.16. The van der Waals surface area contributed by atoms with Crippen molar-refractivity contribution >= 4 is 22.9 Å². The molecule has 0 aliphatic heterocycles. The first-order chi connectivity index (χ1) is 11.9. The molecule has 0 spiro atoms. The van der Waals surface area contributed by atoms with E-state index in [4.69, 9.17) is 0 Å². The zero-order chi connectivity index (χ0) is 18.1. The second-order valence-electron chi connectivity index (χ2n) is 5.56. The van der Waals surface area contributed by atoms with Gasteiger partial charge in [0.1, 0.15) is 17.1 Å². The number of non-ortho nitro benzene ring substituents is 1. The quantitative estimate of drug-likeness (QED) is 0.431. The van der Waals surface area contributed by atoms with E-state index in [9.17, 15) is 20.0 Å². The van der Waals surface area contributed by atoms with Crippen molar-refractivity contribution in [3.05, 3.63) is 63.6 Å². The predicted octanol–water partition coefficient (Wildman–Crippen LogP) is 3.07. The number of amides is 1. The molecule has 2 heterocycles. The van der Waals surface area contributed by atoms with Crippen LogP contribution in [0.1, 0.15) is 28.7 Å². The monoisotopic (exact) mass is 340 g/mol. The number of nitro benzene ring substituents is 1. The lowest BCUT2D eigenvalue weighted by molar-refractivity contribution is -0.384. The highest BCUT2D eigenvalue weighted by Gasteiger charge is 2.21. The van der Waals surface area contributed by atoms with Crippen LogP contribution in [0.15, 0.2) is 36.5 Å².